The normalized spacial score (nSPS) is 39.5. The smallest absolute Gasteiger partial charge is 0.343 e. The molecule has 0 unspecified atom stereocenters. The number of aliphatic hydroxyl groups excluding tert-OH is 1. The van der Waals surface area contributed by atoms with Gasteiger partial charge in [-0.25, -0.2) is 4.79 Å². The summed E-state index contributed by atoms with van der Waals surface area (Å²) in [5.41, 5.74) is 0. The summed E-state index contributed by atoms with van der Waals surface area (Å²) in [5.74, 6) is -2.37. The van der Waals surface area contributed by atoms with Gasteiger partial charge in [-0.05, 0) is 13.8 Å². The second-order valence-corrected chi connectivity index (χ2v) is 4.03. The molecule has 0 aromatic carbocycles. The maximum absolute atomic E-state index is 11.4. The fourth-order valence-corrected chi connectivity index (χ4v) is 1.64. The van der Waals surface area contributed by atoms with E-state index in [-0.39, 0.29) is 6.61 Å². The van der Waals surface area contributed by atoms with Crippen molar-refractivity contribution in [1.29, 1.82) is 0 Å². The SMILES string of the molecule is CC1(C)OC[C@@H]([C@H]2OC(=O)[C@@H](O)C2=O)O1. The zero-order valence-electron chi connectivity index (χ0n) is 8.43. The molecule has 0 aromatic heterocycles. The molecule has 0 bridgehead atoms. The minimum absolute atomic E-state index is 0.170. The van der Waals surface area contributed by atoms with Gasteiger partial charge in [-0.3, -0.25) is 4.79 Å². The topological polar surface area (TPSA) is 82.1 Å². The summed E-state index contributed by atoms with van der Waals surface area (Å²) >= 11 is 0. The Morgan fingerprint density at radius 1 is 1.40 bits per heavy atom. The third-order valence-electron chi connectivity index (χ3n) is 2.38. The lowest BCUT2D eigenvalue weighted by atomic mass is 10.1. The Labute approximate surface area is 86.1 Å². The number of carbonyl (C=O) groups is 2. The van der Waals surface area contributed by atoms with Crippen molar-refractivity contribution in [1.82, 2.24) is 0 Å². The van der Waals surface area contributed by atoms with E-state index in [4.69, 9.17) is 19.3 Å². The van der Waals surface area contributed by atoms with Crippen LogP contribution in [0.25, 0.3) is 0 Å². The van der Waals surface area contributed by atoms with E-state index in [9.17, 15) is 9.59 Å². The Morgan fingerprint density at radius 3 is 2.47 bits per heavy atom. The number of Topliss-reactive ketones (excluding diaryl/α,β-unsaturated/α-hetero) is 1. The average Bonchev–Trinajstić information content (AvgIpc) is 2.62. The van der Waals surface area contributed by atoms with E-state index in [1.54, 1.807) is 13.8 Å². The molecule has 2 fully saturated rings. The highest BCUT2D eigenvalue weighted by Crippen LogP contribution is 2.28. The summed E-state index contributed by atoms with van der Waals surface area (Å²) in [7, 11) is 0. The van der Waals surface area contributed by atoms with Crippen LogP contribution in [0, 0.1) is 0 Å². The van der Waals surface area contributed by atoms with E-state index in [0.29, 0.717) is 0 Å². The molecular weight excluding hydrogens is 204 g/mol. The van der Waals surface area contributed by atoms with Gasteiger partial charge >= 0.3 is 5.97 Å². The second-order valence-electron chi connectivity index (χ2n) is 4.03. The summed E-state index contributed by atoms with van der Waals surface area (Å²) in [4.78, 5) is 22.3. The first kappa shape index (κ1) is 10.5. The molecule has 2 aliphatic rings. The molecule has 15 heavy (non-hydrogen) atoms. The number of cyclic esters (lactones) is 1. The number of carbonyl (C=O) groups excluding carboxylic acids is 2. The summed E-state index contributed by atoms with van der Waals surface area (Å²) in [6.07, 6.45) is -3.36. The molecule has 3 atom stereocenters. The van der Waals surface area contributed by atoms with Crippen LogP contribution in [0.2, 0.25) is 0 Å². The fourth-order valence-electron chi connectivity index (χ4n) is 1.64. The van der Waals surface area contributed by atoms with E-state index in [1.807, 2.05) is 0 Å². The summed E-state index contributed by atoms with van der Waals surface area (Å²) in [5, 5.41) is 9.11. The standard InChI is InChI=1S/C9H12O6/c1-9(2)13-3-4(15-9)7-5(10)6(11)8(12)14-7/h4,6-7,11H,3H2,1-2H3/t4-,6-,7+/m0/s1. The van der Waals surface area contributed by atoms with Crippen LogP contribution in [0.4, 0.5) is 0 Å². The minimum Gasteiger partial charge on any atom is -0.449 e. The molecule has 0 spiro atoms. The number of hydrogen-bond acceptors (Lipinski definition) is 6. The van der Waals surface area contributed by atoms with Gasteiger partial charge in [0, 0.05) is 0 Å². The number of rotatable bonds is 1. The van der Waals surface area contributed by atoms with Crippen molar-refractivity contribution in [2.24, 2.45) is 0 Å². The van der Waals surface area contributed by atoms with Crippen LogP contribution >= 0.6 is 0 Å². The van der Waals surface area contributed by atoms with Crippen LogP contribution in [0.3, 0.4) is 0 Å². The lowest BCUT2D eigenvalue weighted by Crippen LogP contribution is -2.37. The maximum Gasteiger partial charge on any atom is 0.343 e. The number of esters is 1. The van der Waals surface area contributed by atoms with Gasteiger partial charge in [0.2, 0.25) is 11.9 Å². The van der Waals surface area contributed by atoms with Gasteiger partial charge in [0.05, 0.1) is 6.61 Å². The quantitative estimate of drug-likeness (QED) is 0.447. The minimum atomic E-state index is -1.68. The van der Waals surface area contributed by atoms with Gasteiger partial charge in [0.15, 0.2) is 11.9 Å². The molecule has 2 saturated heterocycles. The zero-order chi connectivity index (χ0) is 11.2. The molecule has 0 aliphatic carbocycles. The maximum atomic E-state index is 11.4. The van der Waals surface area contributed by atoms with E-state index >= 15 is 0 Å². The molecule has 0 saturated carbocycles. The molecule has 0 aromatic rings. The van der Waals surface area contributed by atoms with Crippen molar-refractivity contribution >= 4 is 11.8 Å². The lowest BCUT2D eigenvalue weighted by molar-refractivity contribution is -0.164. The first-order valence-corrected chi connectivity index (χ1v) is 4.65. The van der Waals surface area contributed by atoms with Gasteiger partial charge < -0.3 is 19.3 Å². The van der Waals surface area contributed by atoms with Crippen molar-refractivity contribution in [2.45, 2.75) is 37.9 Å². The zero-order valence-corrected chi connectivity index (χ0v) is 8.43. The predicted octanol–water partition coefficient (Wildman–Crippen LogP) is -1.01. The Kier molecular flexibility index (Phi) is 2.29. The molecule has 6 nitrogen and oxygen atoms in total. The third-order valence-corrected chi connectivity index (χ3v) is 2.38. The second kappa shape index (κ2) is 3.26. The van der Waals surface area contributed by atoms with Crippen LogP contribution in [-0.2, 0) is 23.8 Å². The van der Waals surface area contributed by atoms with Crippen LogP contribution < -0.4 is 0 Å². The molecular formula is C9H12O6. The summed E-state index contributed by atoms with van der Waals surface area (Å²) in [6, 6.07) is 0. The van der Waals surface area contributed by atoms with Crippen LogP contribution in [-0.4, -0.2) is 47.6 Å². The number of aliphatic hydroxyl groups is 1. The molecule has 84 valence electrons. The number of ether oxygens (including phenoxy) is 3. The van der Waals surface area contributed by atoms with Crippen molar-refractivity contribution < 1.29 is 28.9 Å². The molecule has 2 rings (SSSR count). The Balaban J connectivity index is 2.08. The third kappa shape index (κ3) is 1.75. The summed E-state index contributed by atoms with van der Waals surface area (Å²) in [6.45, 7) is 3.57. The van der Waals surface area contributed by atoms with Crippen molar-refractivity contribution in [2.75, 3.05) is 6.61 Å². The molecule has 1 N–H and O–H groups in total. The average molecular weight is 216 g/mol. The Hall–Kier alpha value is -0.980. The molecule has 2 heterocycles. The van der Waals surface area contributed by atoms with Crippen LogP contribution in [0.1, 0.15) is 13.8 Å². The lowest BCUT2D eigenvalue weighted by Gasteiger charge is -2.18. The highest BCUT2D eigenvalue weighted by molar-refractivity contribution is 6.09. The van der Waals surface area contributed by atoms with Crippen molar-refractivity contribution in [3.8, 4) is 0 Å². The molecule has 6 heteroatoms. The van der Waals surface area contributed by atoms with Gasteiger partial charge in [-0.2, -0.15) is 0 Å². The number of ketones is 1. The largest absolute Gasteiger partial charge is 0.449 e. The molecule has 0 amide bonds. The summed E-state index contributed by atoms with van der Waals surface area (Å²) < 4.78 is 15.3. The van der Waals surface area contributed by atoms with Crippen molar-refractivity contribution in [3.05, 3.63) is 0 Å². The first-order valence-electron chi connectivity index (χ1n) is 4.65. The van der Waals surface area contributed by atoms with E-state index in [0.717, 1.165) is 0 Å². The first-order chi connectivity index (χ1) is 6.91. The van der Waals surface area contributed by atoms with Crippen molar-refractivity contribution in [3.63, 3.8) is 0 Å². The Bertz CT molecular complexity index is 310. The number of hydrogen-bond donors (Lipinski definition) is 1. The van der Waals surface area contributed by atoms with E-state index < -0.39 is 35.9 Å². The van der Waals surface area contributed by atoms with Gasteiger partial charge in [0.1, 0.15) is 6.10 Å². The van der Waals surface area contributed by atoms with Crippen LogP contribution in [0.5, 0.6) is 0 Å². The monoisotopic (exact) mass is 216 g/mol. The van der Waals surface area contributed by atoms with Gasteiger partial charge in [-0.1, -0.05) is 0 Å². The van der Waals surface area contributed by atoms with E-state index in [1.165, 1.54) is 0 Å². The highest BCUT2D eigenvalue weighted by Gasteiger charge is 2.50. The fraction of sp³-hybridized carbons (Fsp3) is 0.778. The van der Waals surface area contributed by atoms with Gasteiger partial charge in [0.25, 0.3) is 0 Å². The van der Waals surface area contributed by atoms with E-state index in [2.05, 4.69) is 0 Å². The molecule has 0 radical (unpaired) electrons. The van der Waals surface area contributed by atoms with Gasteiger partial charge in [-0.15, -0.1) is 0 Å². The predicted molar refractivity (Wildman–Crippen MR) is 45.8 cm³/mol. The highest BCUT2D eigenvalue weighted by atomic mass is 16.8. The molecule has 2 aliphatic heterocycles. The van der Waals surface area contributed by atoms with Crippen LogP contribution in [0.15, 0.2) is 0 Å². The Morgan fingerprint density at radius 2 is 2.07 bits per heavy atom.